The van der Waals surface area contributed by atoms with Gasteiger partial charge in [0, 0.05) is 31.3 Å². The molecule has 2 aliphatic heterocycles. The molecule has 176 valence electrons. The molecule has 3 amide bonds. The summed E-state index contributed by atoms with van der Waals surface area (Å²) < 4.78 is 10.6. The molecule has 0 saturated carbocycles. The van der Waals surface area contributed by atoms with Crippen molar-refractivity contribution in [3.63, 3.8) is 0 Å². The first kappa shape index (κ1) is 23.8. The third-order valence-corrected chi connectivity index (χ3v) is 6.28. The molecule has 1 aromatic carbocycles. The number of aliphatic hydroxyl groups excluding tert-OH is 1. The SMILES string of the molecule is COc1ccc(N2CC(C(=O)NC(C(=O)N3CCCC3CO)C(C)C)CC2=O)cc1OC. The predicted molar refractivity (Wildman–Crippen MR) is 119 cm³/mol. The average Bonchev–Trinajstić information content (AvgIpc) is 3.42. The topological polar surface area (TPSA) is 108 Å². The van der Waals surface area contributed by atoms with Crippen molar-refractivity contribution in [3.05, 3.63) is 18.2 Å². The van der Waals surface area contributed by atoms with Gasteiger partial charge in [0.2, 0.25) is 17.7 Å². The van der Waals surface area contributed by atoms with Gasteiger partial charge in [0.25, 0.3) is 0 Å². The number of amides is 3. The van der Waals surface area contributed by atoms with E-state index in [1.807, 2.05) is 13.8 Å². The fourth-order valence-electron chi connectivity index (χ4n) is 4.40. The van der Waals surface area contributed by atoms with Crippen molar-refractivity contribution in [2.24, 2.45) is 11.8 Å². The Bertz CT molecular complexity index is 858. The van der Waals surface area contributed by atoms with E-state index in [4.69, 9.17) is 9.47 Å². The van der Waals surface area contributed by atoms with Gasteiger partial charge < -0.3 is 29.7 Å². The van der Waals surface area contributed by atoms with Crippen LogP contribution in [0.5, 0.6) is 11.5 Å². The van der Waals surface area contributed by atoms with E-state index in [2.05, 4.69) is 5.32 Å². The highest BCUT2D eigenvalue weighted by molar-refractivity contribution is 6.01. The summed E-state index contributed by atoms with van der Waals surface area (Å²) in [5.74, 6) is -0.273. The Balaban J connectivity index is 1.70. The van der Waals surface area contributed by atoms with Gasteiger partial charge >= 0.3 is 0 Å². The molecule has 0 radical (unpaired) electrons. The first-order chi connectivity index (χ1) is 15.3. The number of anilines is 1. The Hall–Kier alpha value is -2.81. The molecule has 9 nitrogen and oxygen atoms in total. The van der Waals surface area contributed by atoms with Crippen molar-refractivity contribution in [1.82, 2.24) is 10.2 Å². The quantitative estimate of drug-likeness (QED) is 0.620. The molecule has 32 heavy (non-hydrogen) atoms. The highest BCUT2D eigenvalue weighted by Crippen LogP contribution is 2.34. The fraction of sp³-hybridized carbons (Fsp3) is 0.609. The molecule has 0 spiro atoms. The van der Waals surface area contributed by atoms with Crippen molar-refractivity contribution in [2.45, 2.75) is 45.2 Å². The number of hydrogen-bond acceptors (Lipinski definition) is 6. The van der Waals surface area contributed by atoms with E-state index in [0.29, 0.717) is 23.7 Å². The van der Waals surface area contributed by atoms with Gasteiger partial charge in [-0.3, -0.25) is 14.4 Å². The molecule has 2 heterocycles. The first-order valence-electron chi connectivity index (χ1n) is 11.0. The summed E-state index contributed by atoms with van der Waals surface area (Å²) in [6.07, 6.45) is 1.67. The van der Waals surface area contributed by atoms with Crippen LogP contribution >= 0.6 is 0 Å². The second-order valence-corrected chi connectivity index (χ2v) is 8.69. The third kappa shape index (κ3) is 4.82. The fourth-order valence-corrected chi connectivity index (χ4v) is 4.40. The zero-order valence-corrected chi connectivity index (χ0v) is 19.2. The van der Waals surface area contributed by atoms with E-state index in [9.17, 15) is 19.5 Å². The number of benzene rings is 1. The van der Waals surface area contributed by atoms with Crippen LogP contribution in [-0.4, -0.2) is 73.7 Å². The number of likely N-dealkylation sites (tertiary alicyclic amines) is 1. The van der Waals surface area contributed by atoms with E-state index in [1.54, 1.807) is 28.0 Å². The number of nitrogens with one attached hydrogen (secondary N) is 1. The Morgan fingerprint density at radius 1 is 1.22 bits per heavy atom. The molecule has 0 aliphatic carbocycles. The Morgan fingerprint density at radius 2 is 1.94 bits per heavy atom. The Labute approximate surface area is 188 Å². The van der Waals surface area contributed by atoms with Crippen LogP contribution in [0.3, 0.4) is 0 Å². The summed E-state index contributed by atoms with van der Waals surface area (Å²) >= 11 is 0. The van der Waals surface area contributed by atoms with Crippen LogP contribution in [0.1, 0.15) is 33.1 Å². The van der Waals surface area contributed by atoms with E-state index < -0.39 is 12.0 Å². The van der Waals surface area contributed by atoms with Gasteiger partial charge in [-0.05, 0) is 30.9 Å². The van der Waals surface area contributed by atoms with Gasteiger partial charge in [0.1, 0.15) is 6.04 Å². The van der Waals surface area contributed by atoms with Gasteiger partial charge in [-0.1, -0.05) is 13.8 Å². The minimum atomic E-state index is -0.695. The van der Waals surface area contributed by atoms with Gasteiger partial charge in [-0.15, -0.1) is 0 Å². The maximum absolute atomic E-state index is 13.1. The van der Waals surface area contributed by atoms with Crippen LogP contribution < -0.4 is 19.7 Å². The molecular formula is C23H33N3O6. The van der Waals surface area contributed by atoms with Crippen LogP contribution in [0, 0.1) is 11.8 Å². The van der Waals surface area contributed by atoms with Crippen molar-refractivity contribution in [1.29, 1.82) is 0 Å². The largest absolute Gasteiger partial charge is 0.493 e. The maximum Gasteiger partial charge on any atom is 0.245 e. The van der Waals surface area contributed by atoms with Crippen molar-refractivity contribution < 1.29 is 29.0 Å². The van der Waals surface area contributed by atoms with Crippen LogP contribution in [0.2, 0.25) is 0 Å². The van der Waals surface area contributed by atoms with Crippen LogP contribution in [0.4, 0.5) is 5.69 Å². The third-order valence-electron chi connectivity index (χ3n) is 6.28. The number of rotatable bonds is 8. The molecule has 0 bridgehead atoms. The highest BCUT2D eigenvalue weighted by atomic mass is 16.5. The second kappa shape index (κ2) is 10.2. The molecule has 2 fully saturated rings. The number of nitrogens with zero attached hydrogens (tertiary/aromatic N) is 2. The lowest BCUT2D eigenvalue weighted by Gasteiger charge is -2.31. The summed E-state index contributed by atoms with van der Waals surface area (Å²) in [4.78, 5) is 42.0. The van der Waals surface area contributed by atoms with Crippen molar-refractivity contribution in [3.8, 4) is 11.5 Å². The molecule has 3 unspecified atom stereocenters. The molecule has 3 atom stereocenters. The van der Waals surface area contributed by atoms with Crippen molar-refractivity contribution in [2.75, 3.05) is 38.8 Å². The predicted octanol–water partition coefficient (Wildman–Crippen LogP) is 1.18. The van der Waals surface area contributed by atoms with E-state index in [0.717, 1.165) is 12.8 Å². The van der Waals surface area contributed by atoms with Crippen LogP contribution in [0.25, 0.3) is 0 Å². The maximum atomic E-state index is 13.1. The van der Waals surface area contributed by atoms with Crippen molar-refractivity contribution >= 4 is 23.4 Å². The number of aliphatic hydroxyl groups is 1. The number of carbonyl (C=O) groups is 3. The normalized spacial score (nSPS) is 21.8. The Morgan fingerprint density at radius 3 is 2.56 bits per heavy atom. The van der Waals surface area contributed by atoms with Gasteiger partial charge in [-0.25, -0.2) is 0 Å². The van der Waals surface area contributed by atoms with Crippen LogP contribution in [-0.2, 0) is 14.4 Å². The number of ether oxygens (including phenoxy) is 2. The molecule has 0 aromatic heterocycles. The lowest BCUT2D eigenvalue weighted by molar-refractivity contribution is -0.139. The summed E-state index contributed by atoms with van der Waals surface area (Å²) in [6, 6.07) is 4.28. The zero-order valence-electron chi connectivity index (χ0n) is 19.2. The molecule has 2 aliphatic rings. The molecule has 1 aromatic rings. The summed E-state index contributed by atoms with van der Waals surface area (Å²) in [7, 11) is 3.06. The molecule has 9 heteroatoms. The standard InChI is InChI=1S/C23H33N3O6/c1-14(2)21(23(30)25-9-5-6-17(25)13-27)24-22(29)15-10-20(28)26(12-15)16-7-8-18(31-3)19(11-16)32-4/h7-8,11,14-15,17,21,27H,5-6,9-10,12-13H2,1-4H3,(H,24,29). The summed E-state index contributed by atoms with van der Waals surface area (Å²) in [5, 5.41) is 12.4. The minimum absolute atomic E-state index is 0.0716. The van der Waals surface area contributed by atoms with Gasteiger partial charge in [0.15, 0.2) is 11.5 Å². The Kier molecular flexibility index (Phi) is 7.60. The summed E-state index contributed by atoms with van der Waals surface area (Å²) in [6.45, 7) is 4.48. The van der Waals surface area contributed by atoms with E-state index in [1.165, 1.54) is 14.2 Å². The first-order valence-corrected chi connectivity index (χ1v) is 11.0. The summed E-state index contributed by atoms with van der Waals surface area (Å²) in [5.41, 5.74) is 0.627. The molecule has 3 rings (SSSR count). The van der Waals surface area contributed by atoms with Gasteiger partial charge in [0.05, 0.1) is 32.8 Å². The molecule has 2 saturated heterocycles. The average molecular weight is 448 g/mol. The minimum Gasteiger partial charge on any atom is -0.493 e. The zero-order chi connectivity index (χ0) is 23.4. The highest BCUT2D eigenvalue weighted by Gasteiger charge is 2.39. The lowest BCUT2D eigenvalue weighted by Crippen LogP contribution is -2.54. The molecular weight excluding hydrogens is 414 g/mol. The number of methoxy groups -OCH3 is 2. The monoisotopic (exact) mass is 447 g/mol. The van der Waals surface area contributed by atoms with E-state index in [-0.39, 0.29) is 49.3 Å². The molecule has 2 N–H and O–H groups in total. The lowest BCUT2D eigenvalue weighted by atomic mass is 10.00. The smallest absolute Gasteiger partial charge is 0.245 e. The van der Waals surface area contributed by atoms with Gasteiger partial charge in [-0.2, -0.15) is 0 Å². The second-order valence-electron chi connectivity index (χ2n) is 8.69. The number of hydrogen-bond donors (Lipinski definition) is 2. The van der Waals surface area contributed by atoms with Crippen LogP contribution in [0.15, 0.2) is 18.2 Å². The van der Waals surface area contributed by atoms with E-state index >= 15 is 0 Å². The number of carbonyl (C=O) groups excluding carboxylic acids is 3.